The Morgan fingerprint density at radius 1 is 1.27 bits per heavy atom. The molecule has 1 N–H and O–H groups in total. The maximum absolute atomic E-state index is 5.47. The van der Waals surface area contributed by atoms with E-state index in [0.717, 1.165) is 29.1 Å². The van der Waals surface area contributed by atoms with Gasteiger partial charge in [-0.15, -0.1) is 0 Å². The molecule has 0 spiro atoms. The quantitative estimate of drug-likeness (QED) is 0.918. The predicted octanol–water partition coefficient (Wildman–Crippen LogP) is 2.40. The molecule has 0 saturated heterocycles. The van der Waals surface area contributed by atoms with Crippen molar-refractivity contribution in [1.82, 2.24) is 9.97 Å². The Morgan fingerprint density at radius 2 is 2.09 bits per heavy atom. The molecular formula is C16H18N4O2. The largest absolute Gasteiger partial charge is 0.497 e. The molecule has 0 bridgehead atoms. The van der Waals surface area contributed by atoms with E-state index in [-0.39, 0.29) is 6.10 Å². The van der Waals surface area contributed by atoms with Crippen molar-refractivity contribution in [2.45, 2.75) is 19.4 Å². The van der Waals surface area contributed by atoms with Gasteiger partial charge in [0.25, 0.3) is 0 Å². The van der Waals surface area contributed by atoms with Crippen molar-refractivity contribution >= 4 is 11.7 Å². The molecule has 2 heterocycles. The molecule has 1 aromatic heterocycles. The average Bonchev–Trinajstić information content (AvgIpc) is 3.02. The van der Waals surface area contributed by atoms with Crippen LogP contribution in [0.3, 0.4) is 0 Å². The molecule has 1 aromatic carbocycles. The molecule has 22 heavy (non-hydrogen) atoms. The summed E-state index contributed by atoms with van der Waals surface area (Å²) in [5.41, 5.74) is 2.93. The van der Waals surface area contributed by atoms with Crippen LogP contribution in [-0.4, -0.2) is 35.4 Å². The van der Waals surface area contributed by atoms with E-state index < -0.39 is 0 Å². The van der Waals surface area contributed by atoms with Gasteiger partial charge in [-0.3, -0.25) is 0 Å². The zero-order valence-corrected chi connectivity index (χ0v) is 12.6. The number of aromatic nitrogens is 2. The fourth-order valence-electron chi connectivity index (χ4n) is 2.23. The zero-order valence-electron chi connectivity index (χ0n) is 12.6. The van der Waals surface area contributed by atoms with Crippen LogP contribution in [0.1, 0.15) is 17.7 Å². The SMILES string of the molecule is COc1ccc(C2=NO[C@H](CNc3nccc(C)n3)C2)cc1. The van der Waals surface area contributed by atoms with Crippen LogP contribution >= 0.6 is 0 Å². The van der Waals surface area contributed by atoms with Crippen LogP contribution < -0.4 is 10.1 Å². The molecule has 1 atom stereocenters. The third-order valence-corrected chi connectivity index (χ3v) is 3.44. The molecule has 0 fully saturated rings. The van der Waals surface area contributed by atoms with Gasteiger partial charge in [0, 0.05) is 18.3 Å². The van der Waals surface area contributed by atoms with Crippen LogP contribution in [0.2, 0.25) is 0 Å². The van der Waals surface area contributed by atoms with Crippen LogP contribution in [0.25, 0.3) is 0 Å². The predicted molar refractivity (Wildman–Crippen MR) is 84.3 cm³/mol. The minimum Gasteiger partial charge on any atom is -0.497 e. The molecule has 6 heteroatoms. The van der Waals surface area contributed by atoms with E-state index >= 15 is 0 Å². The number of anilines is 1. The Kier molecular flexibility index (Phi) is 4.18. The lowest BCUT2D eigenvalue weighted by molar-refractivity contribution is 0.0948. The first kappa shape index (κ1) is 14.3. The molecule has 1 aliphatic rings. The second kappa shape index (κ2) is 6.43. The molecule has 1 aliphatic heterocycles. The number of hydrogen-bond donors (Lipinski definition) is 1. The highest BCUT2D eigenvalue weighted by Gasteiger charge is 2.22. The number of oxime groups is 1. The molecular weight excluding hydrogens is 280 g/mol. The Balaban J connectivity index is 1.55. The molecule has 114 valence electrons. The highest BCUT2D eigenvalue weighted by Crippen LogP contribution is 2.19. The second-order valence-corrected chi connectivity index (χ2v) is 5.10. The van der Waals surface area contributed by atoms with Gasteiger partial charge in [0.2, 0.25) is 5.95 Å². The Bertz CT molecular complexity index is 670. The van der Waals surface area contributed by atoms with E-state index in [0.29, 0.717) is 12.5 Å². The second-order valence-electron chi connectivity index (χ2n) is 5.10. The van der Waals surface area contributed by atoms with E-state index in [2.05, 4.69) is 20.4 Å². The number of nitrogens with zero attached hydrogens (tertiary/aromatic N) is 3. The number of nitrogens with one attached hydrogen (secondary N) is 1. The van der Waals surface area contributed by atoms with Gasteiger partial charge >= 0.3 is 0 Å². The van der Waals surface area contributed by atoms with Crippen LogP contribution in [0.15, 0.2) is 41.7 Å². The van der Waals surface area contributed by atoms with Crippen molar-refractivity contribution in [3.63, 3.8) is 0 Å². The van der Waals surface area contributed by atoms with Crippen LogP contribution in [-0.2, 0) is 4.84 Å². The van der Waals surface area contributed by atoms with Crippen LogP contribution in [0, 0.1) is 6.92 Å². The third kappa shape index (κ3) is 3.33. The van der Waals surface area contributed by atoms with Gasteiger partial charge in [0.15, 0.2) is 0 Å². The highest BCUT2D eigenvalue weighted by molar-refractivity contribution is 6.01. The van der Waals surface area contributed by atoms with Gasteiger partial charge in [0.1, 0.15) is 11.9 Å². The lowest BCUT2D eigenvalue weighted by Crippen LogP contribution is -2.21. The third-order valence-electron chi connectivity index (χ3n) is 3.44. The summed E-state index contributed by atoms with van der Waals surface area (Å²) in [6.07, 6.45) is 2.48. The first-order valence-electron chi connectivity index (χ1n) is 7.15. The first-order chi connectivity index (χ1) is 10.7. The van der Waals surface area contributed by atoms with Gasteiger partial charge in [-0.05, 0) is 42.8 Å². The smallest absolute Gasteiger partial charge is 0.222 e. The number of methoxy groups -OCH3 is 1. The van der Waals surface area contributed by atoms with Gasteiger partial charge in [-0.1, -0.05) is 5.16 Å². The average molecular weight is 298 g/mol. The molecule has 0 radical (unpaired) electrons. The summed E-state index contributed by atoms with van der Waals surface area (Å²) >= 11 is 0. The molecule has 0 unspecified atom stereocenters. The Morgan fingerprint density at radius 3 is 2.82 bits per heavy atom. The lowest BCUT2D eigenvalue weighted by atomic mass is 10.0. The summed E-state index contributed by atoms with van der Waals surface area (Å²) in [7, 11) is 1.65. The number of rotatable bonds is 5. The fourth-order valence-corrected chi connectivity index (χ4v) is 2.23. The van der Waals surface area contributed by atoms with E-state index in [9.17, 15) is 0 Å². The minimum atomic E-state index is -0.0128. The summed E-state index contributed by atoms with van der Waals surface area (Å²) in [6.45, 7) is 2.55. The monoisotopic (exact) mass is 298 g/mol. The number of ether oxygens (including phenoxy) is 1. The maximum Gasteiger partial charge on any atom is 0.222 e. The summed E-state index contributed by atoms with van der Waals surface area (Å²) in [5, 5.41) is 7.34. The molecule has 6 nitrogen and oxygen atoms in total. The van der Waals surface area contributed by atoms with E-state index in [1.165, 1.54) is 0 Å². The molecule has 0 amide bonds. The Hall–Kier alpha value is -2.63. The maximum atomic E-state index is 5.47. The summed E-state index contributed by atoms with van der Waals surface area (Å²) in [6, 6.07) is 9.68. The highest BCUT2D eigenvalue weighted by atomic mass is 16.6. The van der Waals surface area contributed by atoms with Gasteiger partial charge in [-0.25, -0.2) is 9.97 Å². The van der Waals surface area contributed by atoms with E-state index in [4.69, 9.17) is 9.57 Å². The summed E-state index contributed by atoms with van der Waals surface area (Å²) < 4.78 is 5.16. The fraction of sp³-hybridized carbons (Fsp3) is 0.312. The van der Waals surface area contributed by atoms with Gasteiger partial charge in [-0.2, -0.15) is 0 Å². The van der Waals surface area contributed by atoms with E-state index in [1.807, 2.05) is 37.3 Å². The zero-order chi connectivity index (χ0) is 15.4. The molecule has 3 rings (SSSR count). The molecule has 2 aromatic rings. The topological polar surface area (TPSA) is 68.6 Å². The van der Waals surface area contributed by atoms with Crippen molar-refractivity contribution in [3.05, 3.63) is 47.8 Å². The Labute approximate surface area is 129 Å². The van der Waals surface area contributed by atoms with Gasteiger partial charge in [0.05, 0.1) is 19.4 Å². The van der Waals surface area contributed by atoms with Crippen molar-refractivity contribution in [2.75, 3.05) is 19.0 Å². The van der Waals surface area contributed by atoms with Crippen LogP contribution in [0.5, 0.6) is 5.75 Å². The number of benzene rings is 1. The van der Waals surface area contributed by atoms with Crippen molar-refractivity contribution < 1.29 is 9.57 Å². The van der Waals surface area contributed by atoms with E-state index in [1.54, 1.807) is 13.3 Å². The first-order valence-corrected chi connectivity index (χ1v) is 7.15. The van der Waals surface area contributed by atoms with Gasteiger partial charge < -0.3 is 14.9 Å². The number of hydrogen-bond acceptors (Lipinski definition) is 6. The van der Waals surface area contributed by atoms with Crippen molar-refractivity contribution in [1.29, 1.82) is 0 Å². The van der Waals surface area contributed by atoms with Crippen molar-refractivity contribution in [2.24, 2.45) is 5.16 Å². The summed E-state index contributed by atoms with van der Waals surface area (Å²) in [5.74, 6) is 1.44. The number of aryl methyl sites for hydroxylation is 1. The molecule has 0 saturated carbocycles. The minimum absolute atomic E-state index is 0.0128. The molecule has 0 aliphatic carbocycles. The normalized spacial score (nSPS) is 16.8. The summed E-state index contributed by atoms with van der Waals surface area (Å²) in [4.78, 5) is 13.9. The standard InChI is InChI=1S/C16H18N4O2/c1-11-7-8-17-16(19-11)18-10-14-9-15(20-22-14)12-3-5-13(21-2)6-4-12/h3-8,14H,9-10H2,1-2H3,(H,17,18,19)/t14-/m0/s1. The lowest BCUT2D eigenvalue weighted by Gasteiger charge is -2.09. The van der Waals surface area contributed by atoms with Crippen LogP contribution in [0.4, 0.5) is 5.95 Å². The van der Waals surface area contributed by atoms with Crippen molar-refractivity contribution in [3.8, 4) is 5.75 Å².